The van der Waals surface area contributed by atoms with Gasteiger partial charge in [-0.05, 0) is 333 Å². The van der Waals surface area contributed by atoms with E-state index in [9.17, 15) is 0 Å². The molecular weight excluding hydrogens is 961 g/mol. The Kier molecular flexibility index (Phi) is 3.05. The van der Waals surface area contributed by atoms with Crippen LogP contribution < -0.4 is 0 Å². The van der Waals surface area contributed by atoms with Crippen molar-refractivity contribution in [1.82, 2.24) is 0 Å². The molecule has 0 saturated carbocycles. The molecule has 0 unspecified atom stereocenters. The zero-order valence-electron chi connectivity index (χ0n) is 41.7. The van der Waals surface area contributed by atoms with E-state index in [1.165, 1.54) is 16.7 Å². The van der Waals surface area contributed by atoms with E-state index in [0.29, 0.717) is 0 Å². The van der Waals surface area contributed by atoms with Gasteiger partial charge in [-0.3, -0.25) is 0 Å². The van der Waals surface area contributed by atoms with Gasteiger partial charge in [0, 0.05) is 16.7 Å². The molecule has 0 spiro atoms. The number of allylic oxidation sites excluding steroid dienone is 2. The van der Waals surface area contributed by atoms with Crippen LogP contribution in [0.3, 0.4) is 0 Å². The summed E-state index contributed by atoms with van der Waals surface area (Å²) in [6, 6.07) is 36.7. The molecule has 340 valence electrons. The van der Waals surface area contributed by atoms with Gasteiger partial charge in [-0.25, -0.2) is 0 Å². The predicted octanol–water partition coefficient (Wildman–Crippen LogP) is 20.1. The van der Waals surface area contributed by atoms with Crippen LogP contribution in [0.5, 0.6) is 0 Å². The molecule has 0 N–H and O–H groups in total. The smallest absolute Gasteiger partial charge is 0.0622 e. The van der Waals surface area contributed by atoms with Crippen LogP contribution in [0.25, 0.3) is 253 Å². The highest BCUT2D eigenvalue weighted by Crippen LogP contribution is 2.89. The molecule has 80 heavy (non-hydrogen) atoms. The van der Waals surface area contributed by atoms with Gasteiger partial charge in [-0.1, -0.05) is 91.0 Å². The average Bonchev–Trinajstić information content (AvgIpc) is 1.79. The molecule has 4 atom stereocenters. The van der Waals surface area contributed by atoms with Crippen LogP contribution in [-0.4, -0.2) is 0 Å². The lowest BCUT2D eigenvalue weighted by Crippen LogP contribution is -2.52. The molecule has 0 bridgehead atoms. The maximum Gasteiger partial charge on any atom is 0.0729 e. The van der Waals surface area contributed by atoms with Gasteiger partial charge in [0.05, 0.1) is 5.41 Å². The first kappa shape index (κ1) is 31.7. The second-order valence-corrected chi connectivity index (χ2v) is 28.8. The van der Waals surface area contributed by atoms with Crippen molar-refractivity contribution in [3.05, 3.63) is 158 Å². The summed E-state index contributed by atoms with van der Waals surface area (Å²) in [5.74, 6) is 0.190. The molecule has 27 aromatic rings. The normalized spacial score (nSPS) is 24.1. The fraction of sp³-hybridized carbons (Fsp3) is 0.0750. The Bertz CT molecular complexity index is 7930. The third-order valence-corrected chi connectivity index (χ3v) is 28.1. The summed E-state index contributed by atoms with van der Waals surface area (Å²) in [4.78, 5) is 0. The summed E-state index contributed by atoms with van der Waals surface area (Å²) in [7, 11) is 0. The predicted molar refractivity (Wildman–Crippen MR) is 333 cm³/mol. The lowest BCUT2D eigenvalue weighted by Gasteiger charge is -2.57. The van der Waals surface area contributed by atoms with E-state index in [1.54, 1.807) is 298 Å². The van der Waals surface area contributed by atoms with Crippen LogP contribution in [0.15, 0.2) is 96.6 Å². The highest BCUT2D eigenvalue weighted by Gasteiger charge is 2.75. The Labute approximate surface area is 443 Å². The van der Waals surface area contributed by atoms with Gasteiger partial charge in [0.2, 0.25) is 0 Å². The second kappa shape index (κ2) is 7.69. The van der Waals surface area contributed by atoms with Crippen molar-refractivity contribution in [2.24, 2.45) is 0 Å². The molecular formula is C80H20. The molecule has 0 nitrogen and oxygen atoms in total. The van der Waals surface area contributed by atoms with Crippen molar-refractivity contribution in [3.63, 3.8) is 0 Å². The summed E-state index contributed by atoms with van der Waals surface area (Å²) in [6.07, 6.45) is 2.02. The number of rotatable bonds is 5. The molecule has 27 aromatic carbocycles. The summed E-state index contributed by atoms with van der Waals surface area (Å²) in [6.45, 7) is 0. The van der Waals surface area contributed by atoms with Crippen LogP contribution in [0.2, 0.25) is 0 Å². The van der Waals surface area contributed by atoms with Crippen molar-refractivity contribution in [1.29, 1.82) is 0 Å². The summed E-state index contributed by atoms with van der Waals surface area (Å²) in [5, 5.41) is 76.6. The molecule has 0 heteroatoms. The third-order valence-electron chi connectivity index (χ3n) is 28.1. The van der Waals surface area contributed by atoms with Gasteiger partial charge in [0.15, 0.2) is 0 Å². The summed E-state index contributed by atoms with van der Waals surface area (Å²) < 4.78 is 0. The standard InChI is InChI=1S/C80H20/c1-4-10-18(11-5-1)16-78-69-59-49-43-29-27-22-21-23-25-26-24(21)32-34-28(22)30(29)44-46-45(43)57(59)66-68-58(46)60-50(44)48(34)52-38(32)42-36(26)41-40-35(25)39-37-31(23)33(27)47(49)51(37)61(69)63-53(39)54(40)64-65-55(41)56(42)67-62(52)70(60)80(20-14-8-3-9-15-20)75(67)73(65)79(72(64)71(63)78,77(74(66)78)76(68)80)17-19-12-6-2-7-13-19/h1-15,74H,16-17H2/t74-,78+,79+,80-/m1/s1. The first-order valence-electron chi connectivity index (χ1n) is 30.0. The topological polar surface area (TPSA) is 0 Å². The number of benzene rings is 19. The minimum atomic E-state index is -0.469. The Balaban J connectivity index is 1.09. The first-order chi connectivity index (χ1) is 39.9. The Hall–Kier alpha value is -9.62. The van der Waals surface area contributed by atoms with Gasteiger partial charge >= 0.3 is 0 Å². The quantitative estimate of drug-likeness (QED) is 0.151. The fourth-order valence-electron chi connectivity index (χ4n) is 27.8. The van der Waals surface area contributed by atoms with Crippen LogP contribution >= 0.6 is 0 Å². The minimum Gasteiger partial charge on any atom is -0.0622 e. The molecule has 0 amide bonds. The molecule has 0 saturated heterocycles. The minimum absolute atomic E-state index is 0.190. The van der Waals surface area contributed by atoms with E-state index >= 15 is 0 Å². The van der Waals surface area contributed by atoms with E-state index in [4.69, 9.17) is 0 Å². The molecule has 0 aromatic heterocycles. The monoisotopic (exact) mass is 980 g/mol. The van der Waals surface area contributed by atoms with Gasteiger partial charge in [-0.2, -0.15) is 0 Å². The third kappa shape index (κ3) is 1.86. The molecule has 8 aliphatic rings. The van der Waals surface area contributed by atoms with Gasteiger partial charge < -0.3 is 0 Å². The summed E-state index contributed by atoms with van der Waals surface area (Å²) in [5.41, 5.74) is 20.9. The summed E-state index contributed by atoms with van der Waals surface area (Å²) >= 11 is 0. The number of hydrogen-bond donors (Lipinski definition) is 0. The first-order valence-corrected chi connectivity index (χ1v) is 30.0. The van der Waals surface area contributed by atoms with E-state index in [1.807, 2.05) is 5.57 Å². The fourth-order valence-corrected chi connectivity index (χ4v) is 27.8. The van der Waals surface area contributed by atoms with Crippen molar-refractivity contribution in [2.45, 2.75) is 35.0 Å². The van der Waals surface area contributed by atoms with Crippen LogP contribution in [0, 0.1) is 0 Å². The highest BCUT2D eigenvalue weighted by atomic mass is 14.8. The SMILES string of the molecule is c1ccc(C[C@]23C4=C5c6c7c8c9c%10c%11c%12c(c2c2c%13c3c3c%14c%15c(c%16c6c6c8c8c9c9c%11c%11c%17c%12c2c2c%12c%13c%14c%13c%14c%15c%15c%16c6c6c8c8c9c%11c9c(c2%17)c(c%12%13)c2c%14c%15c6c8c29)[C@@]53c2ccccc2)[C@@]%10(Cc2ccccc2)[C@@H]47)cc1. The lowest BCUT2D eigenvalue weighted by atomic mass is 9.44. The molecule has 0 aliphatic heterocycles. The lowest BCUT2D eigenvalue weighted by molar-refractivity contribution is 0.381. The second-order valence-electron chi connectivity index (χ2n) is 28.8. The van der Waals surface area contributed by atoms with E-state index in [2.05, 4.69) is 91.0 Å². The Morgan fingerprint density at radius 1 is 0.250 bits per heavy atom. The Morgan fingerprint density at radius 3 is 1.02 bits per heavy atom. The van der Waals surface area contributed by atoms with Crippen LogP contribution in [0.1, 0.15) is 67.1 Å². The molecule has 35 rings (SSSR count). The van der Waals surface area contributed by atoms with Crippen molar-refractivity contribution >= 4 is 253 Å². The van der Waals surface area contributed by atoms with Gasteiger partial charge in [-0.15, -0.1) is 0 Å². The Morgan fingerprint density at radius 2 is 0.562 bits per heavy atom. The van der Waals surface area contributed by atoms with Gasteiger partial charge in [0.1, 0.15) is 0 Å². The van der Waals surface area contributed by atoms with Crippen molar-refractivity contribution in [3.8, 4) is 0 Å². The average molecular weight is 981 g/mol. The molecule has 8 aliphatic carbocycles. The molecule has 0 heterocycles. The maximum atomic E-state index is 2.64. The largest absolute Gasteiger partial charge is 0.0729 e. The zero-order valence-corrected chi connectivity index (χ0v) is 41.7. The molecule has 0 radical (unpaired) electrons. The number of hydrogen-bond acceptors (Lipinski definition) is 0. The van der Waals surface area contributed by atoms with E-state index in [0.717, 1.165) is 12.8 Å². The zero-order chi connectivity index (χ0) is 48.2. The van der Waals surface area contributed by atoms with Gasteiger partial charge in [0.25, 0.3) is 0 Å². The maximum absolute atomic E-state index is 2.64. The molecule has 0 fully saturated rings. The van der Waals surface area contributed by atoms with Crippen molar-refractivity contribution < 1.29 is 0 Å². The van der Waals surface area contributed by atoms with E-state index in [-0.39, 0.29) is 16.7 Å². The highest BCUT2D eigenvalue weighted by molar-refractivity contribution is 6.79. The van der Waals surface area contributed by atoms with Crippen LogP contribution in [0.4, 0.5) is 0 Å². The van der Waals surface area contributed by atoms with Crippen molar-refractivity contribution in [2.75, 3.05) is 0 Å². The van der Waals surface area contributed by atoms with Crippen LogP contribution in [-0.2, 0) is 29.1 Å². The van der Waals surface area contributed by atoms with E-state index < -0.39 is 5.41 Å².